The number of aromatic nitrogens is 1. The summed E-state index contributed by atoms with van der Waals surface area (Å²) in [6, 6.07) is 6.47. The number of hydrogen-bond donors (Lipinski definition) is 2. The first-order chi connectivity index (χ1) is 9.31. The van der Waals surface area contributed by atoms with E-state index in [1.807, 2.05) is 0 Å². The van der Waals surface area contributed by atoms with Crippen molar-refractivity contribution in [2.75, 3.05) is 10.5 Å². The van der Waals surface area contributed by atoms with Gasteiger partial charge in [0.2, 0.25) is 0 Å². The maximum atomic E-state index is 12.4. The molecule has 2 aromatic rings. The van der Waals surface area contributed by atoms with E-state index >= 15 is 0 Å². The summed E-state index contributed by atoms with van der Waals surface area (Å²) in [6.45, 7) is 3.44. The van der Waals surface area contributed by atoms with Gasteiger partial charge in [-0.3, -0.25) is 4.72 Å². The van der Waals surface area contributed by atoms with Gasteiger partial charge < -0.3 is 5.73 Å². The lowest BCUT2D eigenvalue weighted by molar-refractivity contribution is 0.600. The van der Waals surface area contributed by atoms with Crippen molar-refractivity contribution >= 4 is 33.1 Å². The molecular formula is C13H14ClN3O2S. The van der Waals surface area contributed by atoms with Gasteiger partial charge in [-0.25, -0.2) is 13.4 Å². The van der Waals surface area contributed by atoms with Gasteiger partial charge in [0, 0.05) is 11.9 Å². The maximum absolute atomic E-state index is 12.4. The predicted octanol–water partition coefficient (Wildman–Crippen LogP) is 2.73. The first-order valence-electron chi connectivity index (χ1n) is 5.81. The van der Waals surface area contributed by atoms with E-state index < -0.39 is 10.0 Å². The summed E-state index contributed by atoms with van der Waals surface area (Å²) >= 11 is 5.91. The van der Waals surface area contributed by atoms with Gasteiger partial charge in [0.1, 0.15) is 0 Å². The molecule has 0 aliphatic heterocycles. The Hall–Kier alpha value is -1.79. The minimum absolute atomic E-state index is 0.0913. The van der Waals surface area contributed by atoms with E-state index in [1.54, 1.807) is 38.1 Å². The molecule has 0 amide bonds. The zero-order chi connectivity index (χ0) is 14.9. The number of benzene rings is 1. The van der Waals surface area contributed by atoms with Crippen molar-refractivity contribution in [3.05, 3.63) is 46.6 Å². The van der Waals surface area contributed by atoms with Crippen molar-refractivity contribution in [1.82, 2.24) is 4.98 Å². The Labute approximate surface area is 122 Å². The molecule has 1 aromatic heterocycles. The summed E-state index contributed by atoms with van der Waals surface area (Å²) in [6.07, 6.45) is 1.46. The minimum atomic E-state index is -3.79. The number of sulfonamides is 1. The highest BCUT2D eigenvalue weighted by atomic mass is 35.5. The maximum Gasteiger partial charge on any atom is 0.263 e. The first kappa shape index (κ1) is 14.6. The van der Waals surface area contributed by atoms with E-state index in [0.717, 1.165) is 5.56 Å². The second-order valence-corrected chi connectivity index (χ2v) is 6.47. The summed E-state index contributed by atoms with van der Waals surface area (Å²) in [4.78, 5) is 4.03. The lowest BCUT2D eigenvalue weighted by Crippen LogP contribution is -2.16. The topological polar surface area (TPSA) is 85.1 Å². The van der Waals surface area contributed by atoms with Crippen molar-refractivity contribution in [2.24, 2.45) is 0 Å². The molecule has 0 saturated heterocycles. The fourth-order valence-corrected chi connectivity index (χ4v) is 3.39. The molecule has 106 valence electrons. The second kappa shape index (κ2) is 5.30. The third kappa shape index (κ3) is 2.86. The summed E-state index contributed by atoms with van der Waals surface area (Å²) in [5.74, 6) is 0.0913. The Kier molecular flexibility index (Phi) is 3.87. The molecule has 0 aliphatic carbocycles. The molecule has 1 heterocycles. The van der Waals surface area contributed by atoms with Gasteiger partial charge in [0.25, 0.3) is 10.0 Å². The number of halogens is 1. The monoisotopic (exact) mass is 311 g/mol. The summed E-state index contributed by atoms with van der Waals surface area (Å²) < 4.78 is 27.2. The van der Waals surface area contributed by atoms with Crippen LogP contribution < -0.4 is 10.5 Å². The highest BCUT2D eigenvalue weighted by Crippen LogP contribution is 2.26. The third-order valence-electron chi connectivity index (χ3n) is 2.82. The van der Waals surface area contributed by atoms with E-state index in [-0.39, 0.29) is 15.7 Å². The SMILES string of the molecule is Cc1cc(N)c(C)c(S(=O)(=O)Nc2ncccc2Cl)c1. The minimum Gasteiger partial charge on any atom is -0.398 e. The zero-order valence-corrected chi connectivity index (χ0v) is 12.6. The highest BCUT2D eigenvalue weighted by molar-refractivity contribution is 7.92. The molecule has 7 heteroatoms. The van der Waals surface area contributed by atoms with Crippen molar-refractivity contribution in [2.45, 2.75) is 18.7 Å². The number of aryl methyl sites for hydroxylation is 1. The average Bonchev–Trinajstić information content (AvgIpc) is 2.36. The summed E-state index contributed by atoms with van der Waals surface area (Å²) in [5.41, 5.74) is 7.50. The molecule has 0 saturated carbocycles. The number of nitrogens with zero attached hydrogens (tertiary/aromatic N) is 1. The quantitative estimate of drug-likeness (QED) is 0.853. The van der Waals surface area contributed by atoms with Gasteiger partial charge in [-0.05, 0) is 49.2 Å². The largest absolute Gasteiger partial charge is 0.398 e. The van der Waals surface area contributed by atoms with Crippen LogP contribution in [-0.2, 0) is 10.0 Å². The van der Waals surface area contributed by atoms with Gasteiger partial charge >= 0.3 is 0 Å². The number of hydrogen-bond acceptors (Lipinski definition) is 4. The Morgan fingerprint density at radius 3 is 2.65 bits per heavy atom. The fraction of sp³-hybridized carbons (Fsp3) is 0.154. The molecule has 0 fully saturated rings. The molecule has 0 unspecified atom stereocenters. The van der Waals surface area contributed by atoms with Crippen LogP contribution >= 0.6 is 11.6 Å². The Bertz CT molecular complexity index is 760. The Morgan fingerprint density at radius 1 is 1.30 bits per heavy atom. The van der Waals surface area contributed by atoms with Crippen LogP contribution in [0.1, 0.15) is 11.1 Å². The smallest absolute Gasteiger partial charge is 0.263 e. The Morgan fingerprint density at radius 2 is 2.00 bits per heavy atom. The Balaban J connectivity index is 2.49. The molecule has 0 bridgehead atoms. The van der Waals surface area contributed by atoms with E-state index in [1.165, 1.54) is 6.20 Å². The van der Waals surface area contributed by atoms with Crippen molar-refractivity contribution in [3.8, 4) is 0 Å². The number of nitrogens with two attached hydrogens (primary N) is 1. The van der Waals surface area contributed by atoms with E-state index in [2.05, 4.69) is 9.71 Å². The lowest BCUT2D eigenvalue weighted by Gasteiger charge is -2.13. The standard InChI is InChI=1S/C13H14ClN3O2S/c1-8-6-11(15)9(2)12(7-8)20(18,19)17-13-10(14)4-3-5-16-13/h3-7H,15H2,1-2H3,(H,16,17). The number of rotatable bonds is 3. The van der Waals surface area contributed by atoms with Crippen LogP contribution in [0.25, 0.3) is 0 Å². The molecule has 2 rings (SSSR count). The molecule has 0 spiro atoms. The molecule has 1 aromatic carbocycles. The number of pyridine rings is 1. The predicted molar refractivity (Wildman–Crippen MR) is 80.4 cm³/mol. The number of anilines is 2. The number of nitrogen functional groups attached to an aromatic ring is 1. The van der Waals surface area contributed by atoms with Crippen LogP contribution in [0.5, 0.6) is 0 Å². The normalized spacial score (nSPS) is 11.3. The first-order valence-corrected chi connectivity index (χ1v) is 7.67. The molecule has 5 nitrogen and oxygen atoms in total. The lowest BCUT2D eigenvalue weighted by atomic mass is 10.1. The molecule has 0 aliphatic rings. The van der Waals surface area contributed by atoms with Crippen LogP contribution in [0.4, 0.5) is 11.5 Å². The van der Waals surface area contributed by atoms with Crippen molar-refractivity contribution in [3.63, 3.8) is 0 Å². The fourth-order valence-electron chi connectivity index (χ4n) is 1.77. The van der Waals surface area contributed by atoms with Crippen molar-refractivity contribution < 1.29 is 8.42 Å². The molecule has 3 N–H and O–H groups in total. The summed E-state index contributed by atoms with van der Waals surface area (Å²) in [7, 11) is -3.79. The van der Waals surface area contributed by atoms with Crippen LogP contribution in [0.3, 0.4) is 0 Å². The molecule has 0 atom stereocenters. The van der Waals surface area contributed by atoms with E-state index in [4.69, 9.17) is 17.3 Å². The second-order valence-electron chi connectivity index (χ2n) is 4.42. The highest BCUT2D eigenvalue weighted by Gasteiger charge is 2.20. The molecular weight excluding hydrogens is 298 g/mol. The zero-order valence-electron chi connectivity index (χ0n) is 11.0. The van der Waals surface area contributed by atoms with Gasteiger partial charge in [0.05, 0.1) is 9.92 Å². The van der Waals surface area contributed by atoms with Crippen LogP contribution in [-0.4, -0.2) is 13.4 Å². The number of nitrogens with one attached hydrogen (secondary N) is 1. The van der Waals surface area contributed by atoms with Gasteiger partial charge in [-0.15, -0.1) is 0 Å². The van der Waals surface area contributed by atoms with Crippen LogP contribution in [0.2, 0.25) is 5.02 Å². The van der Waals surface area contributed by atoms with Gasteiger partial charge in [0.15, 0.2) is 5.82 Å². The molecule has 20 heavy (non-hydrogen) atoms. The average molecular weight is 312 g/mol. The van der Waals surface area contributed by atoms with Crippen molar-refractivity contribution in [1.29, 1.82) is 0 Å². The molecule has 0 radical (unpaired) electrons. The van der Waals surface area contributed by atoms with Crippen LogP contribution in [0.15, 0.2) is 35.4 Å². The third-order valence-corrected chi connectivity index (χ3v) is 4.59. The van der Waals surface area contributed by atoms with Crippen LogP contribution in [0, 0.1) is 13.8 Å². The summed E-state index contributed by atoms with van der Waals surface area (Å²) in [5, 5.41) is 0.231. The van der Waals surface area contributed by atoms with E-state index in [9.17, 15) is 8.42 Å². The van der Waals surface area contributed by atoms with Gasteiger partial charge in [-0.1, -0.05) is 11.6 Å². The van der Waals surface area contributed by atoms with E-state index in [0.29, 0.717) is 11.3 Å². The van der Waals surface area contributed by atoms with Gasteiger partial charge in [-0.2, -0.15) is 0 Å².